The summed E-state index contributed by atoms with van der Waals surface area (Å²) >= 11 is 0. The van der Waals surface area contributed by atoms with E-state index in [0.29, 0.717) is 0 Å². The summed E-state index contributed by atoms with van der Waals surface area (Å²) in [6.07, 6.45) is 0.959. The third-order valence-electron chi connectivity index (χ3n) is 2.53. The van der Waals surface area contributed by atoms with Gasteiger partial charge in [-0.3, -0.25) is 0 Å². The van der Waals surface area contributed by atoms with Crippen LogP contribution in [-0.4, -0.2) is 0 Å². The third kappa shape index (κ3) is 1.33. The molecule has 0 spiro atoms. The molecule has 0 aliphatic carbocycles. The number of hydrogen-bond acceptors (Lipinski definition) is 2. The van der Waals surface area contributed by atoms with Gasteiger partial charge in [-0.1, -0.05) is 19.1 Å². The Labute approximate surface area is 82.2 Å². The zero-order chi connectivity index (χ0) is 10.1. The molecule has 1 heterocycles. The van der Waals surface area contributed by atoms with Gasteiger partial charge in [-0.2, -0.15) is 0 Å². The van der Waals surface area contributed by atoms with E-state index in [2.05, 4.69) is 13.0 Å². The van der Waals surface area contributed by atoms with Crippen molar-refractivity contribution in [2.45, 2.75) is 20.3 Å². The lowest BCUT2D eigenvalue weighted by Gasteiger charge is -2.04. The molecule has 2 nitrogen and oxygen atoms in total. The van der Waals surface area contributed by atoms with E-state index < -0.39 is 0 Å². The molecule has 2 heteroatoms. The van der Waals surface area contributed by atoms with Gasteiger partial charge < -0.3 is 4.42 Å². The van der Waals surface area contributed by atoms with Crippen molar-refractivity contribution in [3.05, 3.63) is 45.8 Å². The van der Waals surface area contributed by atoms with Crippen LogP contribution in [-0.2, 0) is 6.42 Å². The van der Waals surface area contributed by atoms with E-state index in [-0.39, 0.29) is 5.63 Å². The summed E-state index contributed by atoms with van der Waals surface area (Å²) in [6, 6.07) is 7.32. The largest absolute Gasteiger partial charge is 0.422 e. The summed E-state index contributed by atoms with van der Waals surface area (Å²) in [5.41, 5.74) is 2.74. The Hall–Kier alpha value is -1.57. The number of hydrogen-bond donors (Lipinski definition) is 0. The molecule has 0 bridgehead atoms. The normalized spacial score (nSPS) is 10.7. The van der Waals surface area contributed by atoms with Crippen LogP contribution in [0.3, 0.4) is 0 Å². The van der Waals surface area contributed by atoms with Crippen LogP contribution in [0, 0.1) is 6.92 Å². The molecule has 0 unspecified atom stereocenters. The SMILES string of the molecule is CCc1ccc2ccc(=O)oc2c1C. The second-order valence-electron chi connectivity index (χ2n) is 3.38. The van der Waals surface area contributed by atoms with E-state index in [0.717, 1.165) is 23.0 Å². The van der Waals surface area contributed by atoms with Crippen molar-refractivity contribution in [1.29, 1.82) is 0 Å². The minimum Gasteiger partial charge on any atom is -0.422 e. The van der Waals surface area contributed by atoms with E-state index in [1.807, 2.05) is 13.0 Å². The van der Waals surface area contributed by atoms with Crippen molar-refractivity contribution in [1.82, 2.24) is 0 Å². The topological polar surface area (TPSA) is 30.2 Å². The van der Waals surface area contributed by atoms with Crippen LogP contribution in [0.2, 0.25) is 0 Å². The minimum atomic E-state index is -0.283. The van der Waals surface area contributed by atoms with Crippen LogP contribution in [0.4, 0.5) is 0 Å². The first-order valence-corrected chi connectivity index (χ1v) is 4.74. The lowest BCUT2D eigenvalue weighted by atomic mass is 10.0. The summed E-state index contributed by atoms with van der Waals surface area (Å²) in [5.74, 6) is 0. The zero-order valence-electron chi connectivity index (χ0n) is 8.33. The highest BCUT2D eigenvalue weighted by Gasteiger charge is 2.04. The first-order chi connectivity index (χ1) is 6.72. The quantitative estimate of drug-likeness (QED) is 0.644. The molecule has 0 atom stereocenters. The summed E-state index contributed by atoms with van der Waals surface area (Å²) in [6.45, 7) is 4.08. The molecule has 0 amide bonds. The molecule has 0 radical (unpaired) electrons. The maximum absolute atomic E-state index is 11.1. The van der Waals surface area contributed by atoms with Crippen LogP contribution in [0.1, 0.15) is 18.1 Å². The van der Waals surface area contributed by atoms with E-state index in [4.69, 9.17) is 4.42 Å². The number of rotatable bonds is 1. The van der Waals surface area contributed by atoms with Gasteiger partial charge in [0.1, 0.15) is 5.58 Å². The van der Waals surface area contributed by atoms with Gasteiger partial charge in [0.2, 0.25) is 0 Å². The molecule has 0 saturated heterocycles. The van der Waals surface area contributed by atoms with E-state index >= 15 is 0 Å². The van der Waals surface area contributed by atoms with Gasteiger partial charge in [-0.05, 0) is 30.5 Å². The molecule has 2 rings (SSSR count). The molecule has 0 fully saturated rings. The molecule has 0 aliphatic rings. The minimum absolute atomic E-state index is 0.283. The summed E-state index contributed by atoms with van der Waals surface area (Å²) in [4.78, 5) is 11.1. The molecular weight excluding hydrogens is 176 g/mol. The monoisotopic (exact) mass is 188 g/mol. The number of benzene rings is 1. The van der Waals surface area contributed by atoms with Gasteiger partial charge in [0.15, 0.2) is 0 Å². The molecule has 2 aromatic rings. The van der Waals surface area contributed by atoms with Crippen LogP contribution < -0.4 is 5.63 Å². The Morgan fingerprint density at radius 2 is 1.93 bits per heavy atom. The fourth-order valence-electron chi connectivity index (χ4n) is 1.70. The van der Waals surface area contributed by atoms with Crippen molar-refractivity contribution < 1.29 is 4.42 Å². The van der Waals surface area contributed by atoms with Gasteiger partial charge in [-0.25, -0.2) is 4.79 Å². The van der Waals surface area contributed by atoms with Crippen LogP contribution in [0.15, 0.2) is 33.5 Å². The zero-order valence-corrected chi connectivity index (χ0v) is 8.33. The van der Waals surface area contributed by atoms with Gasteiger partial charge in [0.25, 0.3) is 0 Å². The van der Waals surface area contributed by atoms with E-state index in [1.54, 1.807) is 6.07 Å². The highest BCUT2D eigenvalue weighted by molar-refractivity contribution is 5.80. The van der Waals surface area contributed by atoms with E-state index in [1.165, 1.54) is 11.6 Å². The Balaban J connectivity index is 2.86. The second-order valence-corrected chi connectivity index (χ2v) is 3.38. The van der Waals surface area contributed by atoms with Gasteiger partial charge in [0, 0.05) is 11.5 Å². The number of fused-ring (bicyclic) bond motifs is 1. The lowest BCUT2D eigenvalue weighted by Crippen LogP contribution is -1.97. The van der Waals surface area contributed by atoms with E-state index in [9.17, 15) is 4.79 Å². The van der Waals surface area contributed by atoms with Crippen LogP contribution in [0.5, 0.6) is 0 Å². The fourth-order valence-corrected chi connectivity index (χ4v) is 1.70. The first-order valence-electron chi connectivity index (χ1n) is 4.74. The predicted octanol–water partition coefficient (Wildman–Crippen LogP) is 2.66. The smallest absolute Gasteiger partial charge is 0.336 e. The van der Waals surface area contributed by atoms with Crippen molar-refractivity contribution in [2.75, 3.05) is 0 Å². The molecule has 0 saturated carbocycles. The second kappa shape index (κ2) is 3.29. The van der Waals surface area contributed by atoms with Crippen molar-refractivity contribution in [2.24, 2.45) is 0 Å². The Morgan fingerprint density at radius 3 is 2.64 bits per heavy atom. The molecule has 1 aromatic carbocycles. The predicted molar refractivity (Wildman–Crippen MR) is 56.6 cm³/mol. The molecule has 0 aliphatic heterocycles. The first kappa shape index (κ1) is 9.00. The lowest BCUT2D eigenvalue weighted by molar-refractivity contribution is 0.558. The molecule has 72 valence electrons. The van der Waals surface area contributed by atoms with Gasteiger partial charge in [-0.15, -0.1) is 0 Å². The van der Waals surface area contributed by atoms with Gasteiger partial charge >= 0.3 is 5.63 Å². The van der Waals surface area contributed by atoms with Crippen molar-refractivity contribution >= 4 is 11.0 Å². The van der Waals surface area contributed by atoms with Crippen LogP contribution in [0.25, 0.3) is 11.0 Å². The summed E-state index contributed by atoms with van der Waals surface area (Å²) < 4.78 is 5.18. The molecular formula is C12H12O2. The Morgan fingerprint density at radius 1 is 1.21 bits per heavy atom. The van der Waals surface area contributed by atoms with Crippen molar-refractivity contribution in [3.8, 4) is 0 Å². The standard InChI is InChI=1S/C12H12O2/c1-3-9-4-5-10-6-7-11(13)14-12(10)8(9)2/h4-7H,3H2,1-2H3. The molecule has 0 N–H and O–H groups in total. The Bertz CT molecular complexity index is 523. The number of aryl methyl sites for hydroxylation is 2. The molecule has 14 heavy (non-hydrogen) atoms. The average molecular weight is 188 g/mol. The maximum Gasteiger partial charge on any atom is 0.336 e. The average Bonchev–Trinajstić information content (AvgIpc) is 2.20. The Kier molecular flexibility index (Phi) is 2.12. The van der Waals surface area contributed by atoms with Gasteiger partial charge in [0.05, 0.1) is 0 Å². The van der Waals surface area contributed by atoms with Crippen LogP contribution >= 0.6 is 0 Å². The highest BCUT2D eigenvalue weighted by atomic mass is 16.4. The summed E-state index contributed by atoms with van der Waals surface area (Å²) in [5, 5.41) is 0.985. The van der Waals surface area contributed by atoms with Crippen molar-refractivity contribution in [3.63, 3.8) is 0 Å². The maximum atomic E-state index is 11.1. The molecule has 1 aromatic heterocycles. The summed E-state index contributed by atoms with van der Waals surface area (Å²) in [7, 11) is 0. The highest BCUT2D eigenvalue weighted by Crippen LogP contribution is 2.20. The fraction of sp³-hybridized carbons (Fsp3) is 0.250. The third-order valence-corrected chi connectivity index (χ3v) is 2.53.